The molecule has 17 heavy (non-hydrogen) atoms. The van der Waals surface area contributed by atoms with Gasteiger partial charge in [0.15, 0.2) is 0 Å². The zero-order chi connectivity index (χ0) is 12.3. The highest BCUT2D eigenvalue weighted by atomic mass is 32.1. The molecule has 0 aliphatic carbocycles. The maximum atomic E-state index is 5.53. The van der Waals surface area contributed by atoms with Crippen molar-refractivity contribution in [2.24, 2.45) is 5.73 Å². The van der Waals surface area contributed by atoms with Crippen molar-refractivity contribution in [2.75, 3.05) is 6.54 Å². The fourth-order valence-corrected chi connectivity index (χ4v) is 2.76. The molecule has 0 unspecified atom stereocenters. The van der Waals surface area contributed by atoms with Crippen molar-refractivity contribution in [1.29, 1.82) is 0 Å². The molecule has 0 amide bonds. The lowest BCUT2D eigenvalue weighted by Crippen LogP contribution is -2.01. The highest BCUT2D eigenvalue weighted by Gasteiger charge is 2.03. The summed E-state index contributed by atoms with van der Waals surface area (Å²) in [4.78, 5) is 5.70. The zero-order valence-electron chi connectivity index (χ0n) is 10.4. The number of hydrogen-bond donors (Lipinski definition) is 1. The van der Waals surface area contributed by atoms with Crippen molar-refractivity contribution in [3.8, 4) is 0 Å². The number of nitrogens with zero attached hydrogens (tertiary/aromatic N) is 1. The first kappa shape index (κ1) is 12.3. The van der Waals surface area contributed by atoms with Gasteiger partial charge in [-0.25, -0.2) is 4.98 Å². The molecule has 0 atom stereocenters. The van der Waals surface area contributed by atoms with Gasteiger partial charge < -0.3 is 5.73 Å². The molecule has 0 bridgehead atoms. The van der Waals surface area contributed by atoms with Crippen molar-refractivity contribution in [1.82, 2.24) is 4.98 Å². The van der Waals surface area contributed by atoms with E-state index < -0.39 is 0 Å². The summed E-state index contributed by atoms with van der Waals surface area (Å²) in [7, 11) is 0. The third-order valence-electron chi connectivity index (χ3n) is 2.91. The first-order valence-corrected chi connectivity index (χ1v) is 6.70. The molecule has 0 saturated carbocycles. The third kappa shape index (κ3) is 3.14. The van der Waals surface area contributed by atoms with Crippen LogP contribution in [0.15, 0.2) is 24.4 Å². The lowest BCUT2D eigenvalue weighted by atomic mass is 10.0. The van der Waals surface area contributed by atoms with Crippen molar-refractivity contribution in [2.45, 2.75) is 26.7 Å². The van der Waals surface area contributed by atoms with E-state index in [0.29, 0.717) is 6.54 Å². The molecule has 2 nitrogen and oxygen atoms in total. The smallest absolute Gasteiger partial charge is 0.0940 e. The van der Waals surface area contributed by atoms with Crippen LogP contribution in [0, 0.1) is 13.8 Å². The van der Waals surface area contributed by atoms with Gasteiger partial charge in [0, 0.05) is 23.9 Å². The van der Waals surface area contributed by atoms with Gasteiger partial charge in [0.05, 0.1) is 5.01 Å². The Hall–Kier alpha value is -1.19. The number of thiazole rings is 1. The molecule has 0 saturated heterocycles. The van der Waals surface area contributed by atoms with Gasteiger partial charge in [-0.2, -0.15) is 0 Å². The van der Waals surface area contributed by atoms with Crippen LogP contribution in [-0.2, 0) is 12.8 Å². The summed E-state index contributed by atoms with van der Waals surface area (Å²) in [5, 5.41) is 1.14. The number of nitrogens with two attached hydrogens (primary N) is 1. The highest BCUT2D eigenvalue weighted by molar-refractivity contribution is 7.11. The molecule has 90 valence electrons. The van der Waals surface area contributed by atoms with Crippen molar-refractivity contribution in [3.05, 3.63) is 51.0 Å². The minimum Gasteiger partial charge on any atom is -0.330 e. The Bertz CT molecular complexity index is 503. The average molecular weight is 246 g/mol. The molecule has 0 spiro atoms. The van der Waals surface area contributed by atoms with Crippen LogP contribution in [0.5, 0.6) is 0 Å². The Labute approximate surface area is 107 Å². The maximum Gasteiger partial charge on any atom is 0.0940 e. The van der Waals surface area contributed by atoms with Gasteiger partial charge in [-0.3, -0.25) is 0 Å². The summed E-state index contributed by atoms with van der Waals surface area (Å²) in [6.45, 7) is 4.98. The molecule has 0 aliphatic heterocycles. The van der Waals surface area contributed by atoms with E-state index in [2.05, 4.69) is 37.0 Å². The second kappa shape index (κ2) is 5.43. The second-order valence-corrected chi connectivity index (χ2v) is 5.55. The fraction of sp³-hybridized carbons (Fsp3) is 0.357. The average Bonchev–Trinajstić information content (AvgIpc) is 2.72. The van der Waals surface area contributed by atoms with E-state index >= 15 is 0 Å². The van der Waals surface area contributed by atoms with Gasteiger partial charge in [0.25, 0.3) is 0 Å². The number of rotatable bonds is 4. The lowest BCUT2D eigenvalue weighted by molar-refractivity contribution is 0.952. The Kier molecular flexibility index (Phi) is 3.92. The monoisotopic (exact) mass is 246 g/mol. The number of hydrogen-bond acceptors (Lipinski definition) is 3. The number of aromatic nitrogens is 1. The summed E-state index contributed by atoms with van der Waals surface area (Å²) in [5.74, 6) is 0. The molecule has 2 aromatic rings. The first-order chi connectivity index (χ1) is 8.19. The van der Waals surface area contributed by atoms with Crippen LogP contribution < -0.4 is 5.73 Å². The fourth-order valence-electron chi connectivity index (χ4n) is 1.78. The van der Waals surface area contributed by atoms with Gasteiger partial charge in [-0.1, -0.05) is 18.2 Å². The highest BCUT2D eigenvalue weighted by Crippen LogP contribution is 2.19. The SMILES string of the molecule is Cc1ccc(Cc2cnc(CCN)s2)cc1C. The van der Waals surface area contributed by atoms with E-state index in [-0.39, 0.29) is 0 Å². The predicted octanol–water partition coefficient (Wildman–Crippen LogP) is 2.85. The standard InChI is InChI=1S/C14H18N2S/c1-10-3-4-12(7-11(10)2)8-13-9-16-14(17-13)5-6-15/h3-4,7,9H,5-6,8,15H2,1-2H3. The minimum atomic E-state index is 0.677. The third-order valence-corrected chi connectivity index (χ3v) is 3.97. The summed E-state index contributed by atoms with van der Waals surface area (Å²) >= 11 is 1.77. The van der Waals surface area contributed by atoms with Gasteiger partial charge in [-0.05, 0) is 37.1 Å². The molecule has 0 radical (unpaired) electrons. The molecule has 3 heteroatoms. The second-order valence-electron chi connectivity index (χ2n) is 4.35. The Morgan fingerprint density at radius 1 is 1.24 bits per heavy atom. The van der Waals surface area contributed by atoms with Crippen LogP contribution in [0.4, 0.5) is 0 Å². The Balaban J connectivity index is 2.11. The van der Waals surface area contributed by atoms with Crippen LogP contribution in [0.3, 0.4) is 0 Å². The van der Waals surface area contributed by atoms with Crippen LogP contribution in [-0.4, -0.2) is 11.5 Å². The molecule has 2 rings (SSSR count). The van der Waals surface area contributed by atoms with Crippen molar-refractivity contribution < 1.29 is 0 Å². The van der Waals surface area contributed by atoms with Crippen LogP contribution in [0.1, 0.15) is 26.6 Å². The first-order valence-electron chi connectivity index (χ1n) is 5.89. The molecule has 1 aromatic heterocycles. The van der Waals surface area contributed by atoms with Crippen molar-refractivity contribution in [3.63, 3.8) is 0 Å². The molecular formula is C14H18N2S. The van der Waals surface area contributed by atoms with E-state index in [0.717, 1.165) is 17.8 Å². The molecule has 0 aliphatic rings. The Morgan fingerprint density at radius 3 is 2.76 bits per heavy atom. The van der Waals surface area contributed by atoms with Crippen LogP contribution >= 0.6 is 11.3 Å². The van der Waals surface area contributed by atoms with Gasteiger partial charge in [0.1, 0.15) is 0 Å². The van der Waals surface area contributed by atoms with Gasteiger partial charge >= 0.3 is 0 Å². The lowest BCUT2D eigenvalue weighted by Gasteiger charge is -2.03. The quantitative estimate of drug-likeness (QED) is 0.901. The molecule has 0 fully saturated rings. The predicted molar refractivity (Wildman–Crippen MR) is 73.6 cm³/mol. The maximum absolute atomic E-state index is 5.53. The van der Waals surface area contributed by atoms with Gasteiger partial charge in [0.2, 0.25) is 0 Å². The zero-order valence-corrected chi connectivity index (χ0v) is 11.2. The van der Waals surface area contributed by atoms with E-state index in [1.165, 1.54) is 21.6 Å². The summed E-state index contributed by atoms with van der Waals surface area (Å²) < 4.78 is 0. The van der Waals surface area contributed by atoms with E-state index in [4.69, 9.17) is 5.73 Å². The van der Waals surface area contributed by atoms with E-state index in [1.807, 2.05) is 6.20 Å². The number of aryl methyl sites for hydroxylation is 2. The van der Waals surface area contributed by atoms with Crippen molar-refractivity contribution >= 4 is 11.3 Å². The van der Waals surface area contributed by atoms with Crippen LogP contribution in [0.25, 0.3) is 0 Å². The van der Waals surface area contributed by atoms with Gasteiger partial charge in [-0.15, -0.1) is 11.3 Å². The van der Waals surface area contributed by atoms with E-state index in [1.54, 1.807) is 11.3 Å². The molecule has 1 heterocycles. The minimum absolute atomic E-state index is 0.677. The molecule has 1 aromatic carbocycles. The summed E-state index contributed by atoms with van der Waals surface area (Å²) in [6.07, 6.45) is 3.84. The summed E-state index contributed by atoms with van der Waals surface area (Å²) in [5.41, 5.74) is 9.59. The van der Waals surface area contributed by atoms with E-state index in [9.17, 15) is 0 Å². The van der Waals surface area contributed by atoms with Crippen LogP contribution in [0.2, 0.25) is 0 Å². The summed E-state index contributed by atoms with van der Waals surface area (Å²) in [6, 6.07) is 6.65. The largest absolute Gasteiger partial charge is 0.330 e. The Morgan fingerprint density at radius 2 is 2.06 bits per heavy atom. The normalized spacial score (nSPS) is 10.8. The molecule has 2 N–H and O–H groups in total. The number of benzene rings is 1. The topological polar surface area (TPSA) is 38.9 Å². The molecular weight excluding hydrogens is 228 g/mol.